The van der Waals surface area contributed by atoms with Crippen LogP contribution < -0.4 is 5.73 Å². The van der Waals surface area contributed by atoms with Gasteiger partial charge in [0, 0.05) is 18.2 Å². The summed E-state index contributed by atoms with van der Waals surface area (Å²) in [5, 5.41) is 0. The standard InChI is InChI=1S/C15H19F3N2O/c1-9-4-3-5-12(10(9)2)14(21)20-8-11(19)6-7-13(20)15(16,17)18/h3-5,11,13H,6-8,19H2,1-2H3. The lowest BCUT2D eigenvalue weighted by Crippen LogP contribution is -2.56. The zero-order valence-corrected chi connectivity index (χ0v) is 12.1. The van der Waals surface area contributed by atoms with Crippen LogP contribution >= 0.6 is 0 Å². The molecule has 0 aliphatic carbocycles. The smallest absolute Gasteiger partial charge is 0.326 e. The Hall–Kier alpha value is -1.56. The van der Waals surface area contributed by atoms with Crippen LogP contribution in [-0.2, 0) is 0 Å². The summed E-state index contributed by atoms with van der Waals surface area (Å²) < 4.78 is 39.4. The largest absolute Gasteiger partial charge is 0.408 e. The minimum Gasteiger partial charge on any atom is -0.326 e. The van der Waals surface area contributed by atoms with Gasteiger partial charge in [-0.25, -0.2) is 0 Å². The van der Waals surface area contributed by atoms with Gasteiger partial charge in [0.1, 0.15) is 6.04 Å². The highest BCUT2D eigenvalue weighted by Gasteiger charge is 2.47. The predicted molar refractivity (Wildman–Crippen MR) is 74.0 cm³/mol. The maximum Gasteiger partial charge on any atom is 0.408 e. The minimum absolute atomic E-state index is 0.0591. The van der Waals surface area contributed by atoms with E-state index in [2.05, 4.69) is 0 Å². The summed E-state index contributed by atoms with van der Waals surface area (Å²) in [6, 6.07) is 2.93. The third-order valence-electron chi connectivity index (χ3n) is 4.09. The molecule has 2 rings (SSSR count). The van der Waals surface area contributed by atoms with Crippen LogP contribution in [0, 0.1) is 13.8 Å². The molecule has 1 aromatic carbocycles. The zero-order chi connectivity index (χ0) is 15.8. The number of likely N-dealkylation sites (tertiary alicyclic amines) is 1. The number of halogens is 3. The maximum atomic E-state index is 13.1. The van der Waals surface area contributed by atoms with Crippen molar-refractivity contribution in [1.82, 2.24) is 4.90 Å². The summed E-state index contributed by atoms with van der Waals surface area (Å²) in [4.78, 5) is 13.4. The molecule has 0 spiro atoms. The minimum atomic E-state index is -4.42. The Morgan fingerprint density at radius 1 is 1.29 bits per heavy atom. The number of carbonyl (C=O) groups is 1. The summed E-state index contributed by atoms with van der Waals surface area (Å²) in [5.74, 6) is -0.589. The first-order valence-electron chi connectivity index (χ1n) is 6.91. The molecule has 1 amide bonds. The zero-order valence-electron chi connectivity index (χ0n) is 12.1. The Labute approximate surface area is 121 Å². The van der Waals surface area contributed by atoms with Crippen LogP contribution in [0.1, 0.15) is 34.3 Å². The van der Waals surface area contributed by atoms with Crippen molar-refractivity contribution in [3.63, 3.8) is 0 Å². The molecule has 0 radical (unpaired) electrons. The van der Waals surface area contributed by atoms with Gasteiger partial charge in [-0.05, 0) is 43.9 Å². The van der Waals surface area contributed by atoms with Crippen molar-refractivity contribution in [3.8, 4) is 0 Å². The van der Waals surface area contributed by atoms with E-state index in [0.29, 0.717) is 11.1 Å². The number of piperidine rings is 1. The normalized spacial score (nSPS) is 23.2. The van der Waals surface area contributed by atoms with Gasteiger partial charge in [-0.3, -0.25) is 4.79 Å². The second-order valence-electron chi connectivity index (χ2n) is 5.60. The quantitative estimate of drug-likeness (QED) is 0.867. The molecule has 1 fully saturated rings. The van der Waals surface area contributed by atoms with Gasteiger partial charge in [0.15, 0.2) is 0 Å². The van der Waals surface area contributed by atoms with E-state index in [1.165, 1.54) is 0 Å². The highest BCUT2D eigenvalue weighted by atomic mass is 19.4. The summed E-state index contributed by atoms with van der Waals surface area (Å²) in [6.45, 7) is 3.51. The van der Waals surface area contributed by atoms with Crippen molar-refractivity contribution in [1.29, 1.82) is 0 Å². The van der Waals surface area contributed by atoms with Gasteiger partial charge in [-0.15, -0.1) is 0 Å². The van der Waals surface area contributed by atoms with Gasteiger partial charge in [-0.1, -0.05) is 12.1 Å². The predicted octanol–water partition coefficient (Wildman–Crippen LogP) is 2.80. The number of nitrogens with two attached hydrogens (primary N) is 1. The number of carbonyl (C=O) groups excluding carboxylic acids is 1. The summed E-state index contributed by atoms with van der Waals surface area (Å²) in [7, 11) is 0. The van der Waals surface area contributed by atoms with Gasteiger partial charge < -0.3 is 10.6 Å². The van der Waals surface area contributed by atoms with Crippen LogP contribution in [0.2, 0.25) is 0 Å². The van der Waals surface area contributed by atoms with E-state index in [9.17, 15) is 18.0 Å². The first-order chi connectivity index (χ1) is 9.71. The monoisotopic (exact) mass is 300 g/mol. The number of alkyl halides is 3. The van der Waals surface area contributed by atoms with Crippen molar-refractivity contribution >= 4 is 5.91 Å². The molecule has 2 atom stereocenters. The number of hydrogen-bond acceptors (Lipinski definition) is 2. The Kier molecular flexibility index (Phi) is 4.27. The molecule has 3 nitrogen and oxygen atoms in total. The molecule has 0 bridgehead atoms. The Bertz CT molecular complexity index is 542. The molecule has 116 valence electrons. The third kappa shape index (κ3) is 3.20. The molecular formula is C15H19F3N2O. The van der Waals surface area contributed by atoms with Crippen LogP contribution in [0.15, 0.2) is 18.2 Å². The molecule has 2 unspecified atom stereocenters. The first kappa shape index (κ1) is 15.8. The lowest BCUT2D eigenvalue weighted by molar-refractivity contribution is -0.184. The second kappa shape index (κ2) is 5.67. The number of hydrogen-bond donors (Lipinski definition) is 1. The average Bonchev–Trinajstić information content (AvgIpc) is 2.39. The topological polar surface area (TPSA) is 46.3 Å². The van der Waals surface area contributed by atoms with Gasteiger partial charge >= 0.3 is 6.18 Å². The van der Waals surface area contributed by atoms with Gasteiger partial charge in [0.2, 0.25) is 0 Å². The van der Waals surface area contributed by atoms with E-state index in [1.807, 2.05) is 13.0 Å². The van der Waals surface area contributed by atoms with Crippen molar-refractivity contribution in [3.05, 3.63) is 34.9 Å². The molecule has 1 aliphatic rings. The van der Waals surface area contributed by atoms with Crippen molar-refractivity contribution in [2.24, 2.45) is 5.73 Å². The summed E-state index contributed by atoms with van der Waals surface area (Å²) in [6.07, 6.45) is -4.28. The fourth-order valence-corrected chi connectivity index (χ4v) is 2.70. The lowest BCUT2D eigenvalue weighted by atomic mass is 9.95. The number of nitrogens with zero attached hydrogens (tertiary/aromatic N) is 1. The van der Waals surface area contributed by atoms with E-state index < -0.39 is 24.2 Å². The molecule has 21 heavy (non-hydrogen) atoms. The van der Waals surface area contributed by atoms with Crippen LogP contribution in [0.3, 0.4) is 0 Å². The fraction of sp³-hybridized carbons (Fsp3) is 0.533. The fourth-order valence-electron chi connectivity index (χ4n) is 2.70. The number of amides is 1. The number of rotatable bonds is 1. The molecule has 6 heteroatoms. The van der Waals surface area contributed by atoms with Gasteiger partial charge in [0.25, 0.3) is 5.91 Å². The van der Waals surface area contributed by atoms with E-state index in [0.717, 1.165) is 10.5 Å². The van der Waals surface area contributed by atoms with E-state index in [-0.39, 0.29) is 19.4 Å². The van der Waals surface area contributed by atoms with Gasteiger partial charge in [-0.2, -0.15) is 13.2 Å². The van der Waals surface area contributed by atoms with Crippen LogP contribution in [0.4, 0.5) is 13.2 Å². The number of aryl methyl sites for hydroxylation is 1. The molecular weight excluding hydrogens is 281 g/mol. The average molecular weight is 300 g/mol. The molecule has 1 aromatic rings. The van der Waals surface area contributed by atoms with Crippen LogP contribution in [0.25, 0.3) is 0 Å². The molecule has 1 aliphatic heterocycles. The highest BCUT2D eigenvalue weighted by molar-refractivity contribution is 5.96. The molecule has 0 aromatic heterocycles. The van der Waals surface area contributed by atoms with E-state index in [4.69, 9.17) is 5.73 Å². The van der Waals surface area contributed by atoms with Crippen LogP contribution in [0.5, 0.6) is 0 Å². The Morgan fingerprint density at radius 3 is 2.57 bits per heavy atom. The van der Waals surface area contributed by atoms with Crippen LogP contribution in [-0.4, -0.2) is 35.6 Å². The second-order valence-corrected chi connectivity index (χ2v) is 5.60. The molecule has 1 heterocycles. The molecule has 1 saturated heterocycles. The Morgan fingerprint density at radius 2 is 1.95 bits per heavy atom. The van der Waals surface area contributed by atoms with Gasteiger partial charge in [0.05, 0.1) is 0 Å². The third-order valence-corrected chi connectivity index (χ3v) is 4.09. The highest BCUT2D eigenvalue weighted by Crippen LogP contribution is 2.33. The maximum absolute atomic E-state index is 13.1. The number of benzene rings is 1. The van der Waals surface area contributed by atoms with E-state index >= 15 is 0 Å². The van der Waals surface area contributed by atoms with Crippen molar-refractivity contribution in [2.45, 2.75) is 44.9 Å². The lowest BCUT2D eigenvalue weighted by Gasteiger charge is -2.39. The SMILES string of the molecule is Cc1cccc(C(=O)N2CC(N)CCC2C(F)(F)F)c1C. The van der Waals surface area contributed by atoms with E-state index in [1.54, 1.807) is 19.1 Å². The van der Waals surface area contributed by atoms with Crippen molar-refractivity contribution < 1.29 is 18.0 Å². The molecule has 0 saturated carbocycles. The Balaban J connectivity index is 2.36. The first-order valence-corrected chi connectivity index (χ1v) is 6.91. The molecule has 2 N–H and O–H groups in total. The summed E-state index contributed by atoms with van der Waals surface area (Å²) >= 11 is 0. The van der Waals surface area contributed by atoms with Crippen molar-refractivity contribution in [2.75, 3.05) is 6.54 Å². The summed E-state index contributed by atoms with van der Waals surface area (Å²) in [5.41, 5.74) is 7.66.